The van der Waals surface area contributed by atoms with Gasteiger partial charge in [-0.25, -0.2) is 9.78 Å². The van der Waals surface area contributed by atoms with Crippen LogP contribution in [0.25, 0.3) is 21.9 Å². The van der Waals surface area contributed by atoms with Crippen LogP contribution < -0.4 is 16.6 Å². The van der Waals surface area contributed by atoms with Crippen LogP contribution in [0.5, 0.6) is 0 Å². The highest BCUT2D eigenvalue weighted by molar-refractivity contribution is 6.01. The molecule has 1 saturated heterocycles. The monoisotopic (exact) mass is 397 g/mol. The van der Waals surface area contributed by atoms with Gasteiger partial charge in [0.2, 0.25) is 0 Å². The Kier molecular flexibility index (Phi) is 4.97. The summed E-state index contributed by atoms with van der Waals surface area (Å²) in [6.07, 6.45) is 10.1. The van der Waals surface area contributed by atoms with Crippen LogP contribution in [0.3, 0.4) is 0 Å². The molecule has 8 heteroatoms. The number of hydrogen-bond acceptors (Lipinski definition) is 5. The van der Waals surface area contributed by atoms with Crippen molar-refractivity contribution < 1.29 is 4.74 Å². The fraction of sp³-hybridized carbons (Fsp3) is 0.571. The van der Waals surface area contributed by atoms with Crippen molar-refractivity contribution in [1.29, 1.82) is 0 Å². The van der Waals surface area contributed by atoms with Crippen molar-refractivity contribution in [2.24, 2.45) is 5.92 Å². The first-order valence-corrected chi connectivity index (χ1v) is 10.6. The Morgan fingerprint density at radius 3 is 2.79 bits per heavy atom. The molecule has 1 unspecified atom stereocenters. The van der Waals surface area contributed by atoms with Gasteiger partial charge in [0.25, 0.3) is 5.56 Å². The van der Waals surface area contributed by atoms with Gasteiger partial charge >= 0.3 is 5.69 Å². The summed E-state index contributed by atoms with van der Waals surface area (Å²) in [5, 5.41) is 4.86. The average Bonchev–Trinajstić information content (AvgIpc) is 3.40. The normalized spacial score (nSPS) is 25.2. The SMILES string of the molecule is O=c1[nH]c(=O)n(C2CCC(CNCC3CCCO3)CC2)c2c1cnc1[nH]ccc12. The standard InChI is InChI=1S/C21H27N5O3/c27-20-17-12-24-19-16(7-8-23-19)18(17)26(21(28)25-20)14-5-3-13(4-6-14)10-22-11-15-2-1-9-29-15/h7-8,12-15,22H,1-6,9-11H2,(H,23,24)(H,25,27,28). The van der Waals surface area contributed by atoms with Crippen molar-refractivity contribution >= 4 is 21.9 Å². The molecule has 1 saturated carbocycles. The topological polar surface area (TPSA) is 105 Å². The molecule has 2 fully saturated rings. The van der Waals surface area contributed by atoms with E-state index in [2.05, 4.69) is 20.3 Å². The largest absolute Gasteiger partial charge is 0.377 e. The number of pyridine rings is 1. The van der Waals surface area contributed by atoms with E-state index in [-0.39, 0.29) is 17.3 Å². The van der Waals surface area contributed by atoms with Gasteiger partial charge in [0.05, 0.1) is 17.0 Å². The number of nitrogens with zero attached hydrogens (tertiary/aromatic N) is 2. The summed E-state index contributed by atoms with van der Waals surface area (Å²) in [7, 11) is 0. The summed E-state index contributed by atoms with van der Waals surface area (Å²) in [6.45, 7) is 2.82. The maximum absolute atomic E-state index is 12.8. The minimum atomic E-state index is -0.371. The molecule has 0 bridgehead atoms. The first kappa shape index (κ1) is 18.6. The number of H-pyrrole nitrogens is 2. The third-order valence-electron chi connectivity index (χ3n) is 6.49. The first-order valence-electron chi connectivity index (χ1n) is 10.6. The molecule has 3 aromatic rings. The van der Waals surface area contributed by atoms with Gasteiger partial charge in [-0.1, -0.05) is 0 Å². The number of rotatable bonds is 5. The van der Waals surface area contributed by atoms with Crippen LogP contribution in [0.1, 0.15) is 44.6 Å². The quantitative estimate of drug-likeness (QED) is 0.611. The molecule has 3 aromatic heterocycles. The minimum Gasteiger partial charge on any atom is -0.377 e. The molecule has 0 aromatic carbocycles. The van der Waals surface area contributed by atoms with Gasteiger partial charge in [-0.3, -0.25) is 14.3 Å². The molecule has 5 rings (SSSR count). The number of aromatic nitrogens is 4. The second-order valence-corrected chi connectivity index (χ2v) is 8.36. The molecule has 0 spiro atoms. The zero-order valence-corrected chi connectivity index (χ0v) is 16.4. The van der Waals surface area contributed by atoms with Crippen LogP contribution in [0, 0.1) is 5.92 Å². The number of aromatic amines is 2. The van der Waals surface area contributed by atoms with Crippen molar-refractivity contribution in [1.82, 2.24) is 24.8 Å². The van der Waals surface area contributed by atoms with Crippen molar-refractivity contribution in [3.8, 4) is 0 Å². The Labute approximate surface area is 167 Å². The summed E-state index contributed by atoms with van der Waals surface area (Å²) in [5.74, 6) is 0.617. The van der Waals surface area contributed by atoms with Crippen molar-refractivity contribution in [3.63, 3.8) is 0 Å². The molecule has 1 aliphatic carbocycles. The molecule has 1 aliphatic heterocycles. The van der Waals surface area contributed by atoms with Crippen molar-refractivity contribution in [2.75, 3.05) is 19.7 Å². The van der Waals surface area contributed by atoms with E-state index in [0.29, 0.717) is 28.6 Å². The molecule has 3 N–H and O–H groups in total. The van der Waals surface area contributed by atoms with Crippen LogP contribution in [-0.4, -0.2) is 45.3 Å². The van der Waals surface area contributed by atoms with E-state index < -0.39 is 0 Å². The maximum Gasteiger partial charge on any atom is 0.329 e. The summed E-state index contributed by atoms with van der Waals surface area (Å²) in [5.41, 5.74) is 0.702. The second-order valence-electron chi connectivity index (χ2n) is 8.36. The van der Waals surface area contributed by atoms with Crippen LogP contribution in [-0.2, 0) is 4.74 Å². The Bertz CT molecular complexity index is 1120. The lowest BCUT2D eigenvalue weighted by Gasteiger charge is -2.30. The Hall–Kier alpha value is -2.45. The highest BCUT2D eigenvalue weighted by Crippen LogP contribution is 2.33. The molecule has 154 valence electrons. The second kappa shape index (κ2) is 7.76. The summed E-state index contributed by atoms with van der Waals surface area (Å²) < 4.78 is 7.47. The maximum atomic E-state index is 12.8. The lowest BCUT2D eigenvalue weighted by molar-refractivity contribution is 0.108. The highest BCUT2D eigenvalue weighted by Gasteiger charge is 2.26. The van der Waals surface area contributed by atoms with Gasteiger partial charge in [-0.15, -0.1) is 0 Å². The average molecular weight is 397 g/mol. The van der Waals surface area contributed by atoms with Gasteiger partial charge < -0.3 is 15.0 Å². The molecule has 1 atom stereocenters. The zero-order valence-electron chi connectivity index (χ0n) is 16.4. The van der Waals surface area contributed by atoms with E-state index in [1.165, 1.54) is 6.42 Å². The van der Waals surface area contributed by atoms with Crippen molar-refractivity contribution in [3.05, 3.63) is 39.3 Å². The number of nitrogens with one attached hydrogen (secondary N) is 3. The third kappa shape index (κ3) is 3.51. The minimum absolute atomic E-state index is 0.0942. The van der Waals surface area contributed by atoms with Gasteiger partial charge in [-0.05, 0) is 57.1 Å². The molecule has 2 aliphatic rings. The molecule has 0 radical (unpaired) electrons. The predicted octanol–water partition coefficient (Wildman–Crippen LogP) is 2.07. The fourth-order valence-electron chi connectivity index (χ4n) is 4.96. The van der Waals surface area contributed by atoms with Gasteiger partial charge in [0.1, 0.15) is 5.65 Å². The summed E-state index contributed by atoms with van der Waals surface area (Å²) in [6, 6.07) is 1.98. The van der Waals surface area contributed by atoms with Crippen LogP contribution in [0.15, 0.2) is 28.0 Å². The number of fused-ring (bicyclic) bond motifs is 3. The van der Waals surface area contributed by atoms with Gasteiger partial charge in [0, 0.05) is 37.0 Å². The first-order chi connectivity index (χ1) is 14.2. The number of hydrogen-bond donors (Lipinski definition) is 3. The Morgan fingerprint density at radius 1 is 1.14 bits per heavy atom. The summed E-state index contributed by atoms with van der Waals surface area (Å²) >= 11 is 0. The molecular formula is C21H27N5O3. The van der Waals surface area contributed by atoms with Gasteiger partial charge in [-0.2, -0.15) is 0 Å². The third-order valence-corrected chi connectivity index (χ3v) is 6.49. The Morgan fingerprint density at radius 2 is 2.00 bits per heavy atom. The van der Waals surface area contributed by atoms with E-state index in [9.17, 15) is 9.59 Å². The highest BCUT2D eigenvalue weighted by atomic mass is 16.5. The molecule has 8 nitrogen and oxygen atoms in total. The van der Waals surface area contributed by atoms with E-state index in [4.69, 9.17) is 4.74 Å². The molecular weight excluding hydrogens is 370 g/mol. The van der Waals surface area contributed by atoms with Crippen LogP contribution in [0.4, 0.5) is 0 Å². The van der Waals surface area contributed by atoms with Gasteiger partial charge in [0.15, 0.2) is 0 Å². The molecule has 0 amide bonds. The van der Waals surface area contributed by atoms with E-state index >= 15 is 0 Å². The Balaban J connectivity index is 1.35. The van der Waals surface area contributed by atoms with Crippen LogP contribution in [0.2, 0.25) is 0 Å². The zero-order chi connectivity index (χ0) is 19.8. The fourth-order valence-corrected chi connectivity index (χ4v) is 4.96. The van der Waals surface area contributed by atoms with E-state index in [1.807, 2.05) is 6.07 Å². The molecule has 29 heavy (non-hydrogen) atoms. The lowest BCUT2D eigenvalue weighted by Crippen LogP contribution is -2.36. The van der Waals surface area contributed by atoms with Crippen molar-refractivity contribution in [2.45, 2.75) is 50.7 Å². The lowest BCUT2D eigenvalue weighted by atomic mass is 9.85. The summed E-state index contributed by atoms with van der Waals surface area (Å²) in [4.78, 5) is 35.0. The predicted molar refractivity (Wildman–Crippen MR) is 111 cm³/mol. The molecule has 4 heterocycles. The number of ether oxygens (including phenoxy) is 1. The smallest absolute Gasteiger partial charge is 0.329 e. The van der Waals surface area contributed by atoms with E-state index in [0.717, 1.165) is 57.2 Å². The van der Waals surface area contributed by atoms with Crippen LogP contribution >= 0.6 is 0 Å². The van der Waals surface area contributed by atoms with E-state index in [1.54, 1.807) is 17.0 Å².